The molecule has 2 N–H and O–H groups in total. The van der Waals surface area contributed by atoms with Gasteiger partial charge in [0.15, 0.2) is 0 Å². The average Bonchev–Trinajstić information content (AvgIpc) is 2.64. The Balaban J connectivity index is 3.08. The van der Waals surface area contributed by atoms with Crippen molar-refractivity contribution in [3.63, 3.8) is 0 Å². The van der Waals surface area contributed by atoms with E-state index < -0.39 is 53.9 Å². The number of aliphatic carboxylic acids is 1. The zero-order chi connectivity index (χ0) is 22.2. The van der Waals surface area contributed by atoms with Crippen molar-refractivity contribution in [3.8, 4) is 0 Å². The molecule has 0 spiro atoms. The zero-order valence-corrected chi connectivity index (χ0v) is 15.6. The molecule has 1 aromatic carbocycles. The molecule has 2 atom stereocenters. The summed E-state index contributed by atoms with van der Waals surface area (Å²) in [6.45, 7) is 2.87. The molecule has 0 fully saturated rings. The smallest absolute Gasteiger partial charge is 0.416 e. The Morgan fingerprint density at radius 2 is 1.59 bits per heavy atom. The van der Waals surface area contributed by atoms with Gasteiger partial charge in [-0.3, -0.25) is 14.4 Å². The summed E-state index contributed by atoms with van der Waals surface area (Å²) in [6.07, 6.45) is -5.27. The van der Waals surface area contributed by atoms with Gasteiger partial charge in [0.1, 0.15) is 6.04 Å². The van der Waals surface area contributed by atoms with E-state index in [1.807, 2.05) is 5.32 Å². The lowest BCUT2D eigenvalue weighted by atomic mass is 9.95. The van der Waals surface area contributed by atoms with Crippen molar-refractivity contribution in [2.75, 3.05) is 13.2 Å². The van der Waals surface area contributed by atoms with Gasteiger partial charge in [0.25, 0.3) is 5.91 Å². The largest absolute Gasteiger partial charge is 0.480 e. The van der Waals surface area contributed by atoms with Crippen molar-refractivity contribution in [1.29, 1.82) is 0 Å². The van der Waals surface area contributed by atoms with E-state index in [2.05, 4.69) is 0 Å². The number of hydrogen-bond donors (Lipinski definition) is 2. The molecule has 0 radical (unpaired) electrons. The first-order chi connectivity index (χ1) is 13.5. The molecule has 0 unspecified atom stereocenters. The van der Waals surface area contributed by atoms with E-state index in [0.29, 0.717) is 12.1 Å². The summed E-state index contributed by atoms with van der Waals surface area (Å²) in [5.74, 6) is -6.18. The summed E-state index contributed by atoms with van der Waals surface area (Å²) in [7, 11) is 0. The van der Waals surface area contributed by atoms with Crippen LogP contribution in [0.4, 0.5) is 13.2 Å². The van der Waals surface area contributed by atoms with Crippen molar-refractivity contribution in [2.45, 2.75) is 32.5 Å². The van der Waals surface area contributed by atoms with Crippen molar-refractivity contribution in [1.82, 2.24) is 5.32 Å². The number of alkyl halides is 3. The number of rotatable bonds is 9. The van der Waals surface area contributed by atoms with Gasteiger partial charge >= 0.3 is 24.1 Å². The number of carboxylic acids is 1. The van der Waals surface area contributed by atoms with Crippen molar-refractivity contribution < 1.29 is 46.9 Å². The maximum Gasteiger partial charge on any atom is 0.416 e. The third-order valence-electron chi connectivity index (χ3n) is 3.71. The highest BCUT2D eigenvalue weighted by Gasteiger charge is 2.38. The van der Waals surface area contributed by atoms with E-state index in [1.54, 1.807) is 0 Å². The second-order valence-electron chi connectivity index (χ2n) is 5.73. The number of carbonyl (C=O) groups is 4. The van der Waals surface area contributed by atoms with E-state index in [4.69, 9.17) is 9.47 Å². The standard InChI is InChI=1S/C18H20F3NO7/c1-3-28-13(23)9-12(17(27)29-4-2)14(16(25)26)22-15(24)10-5-7-11(8-6-10)18(19,20)21/h5-8,12,14H,3-4,9H2,1-2H3,(H,22,24)(H,25,26)/t12-,14-/m1/s1. The second kappa shape index (κ2) is 10.4. The van der Waals surface area contributed by atoms with Gasteiger partial charge in [-0.25, -0.2) is 4.79 Å². The maximum atomic E-state index is 12.6. The molecule has 8 nitrogen and oxygen atoms in total. The van der Waals surface area contributed by atoms with Crippen LogP contribution in [-0.4, -0.2) is 48.2 Å². The summed E-state index contributed by atoms with van der Waals surface area (Å²) in [5, 5.41) is 11.5. The minimum atomic E-state index is -4.60. The van der Waals surface area contributed by atoms with Gasteiger partial charge in [-0.1, -0.05) is 0 Å². The van der Waals surface area contributed by atoms with Crippen molar-refractivity contribution in [3.05, 3.63) is 35.4 Å². The number of halogens is 3. The lowest BCUT2D eigenvalue weighted by Crippen LogP contribution is -2.49. The van der Waals surface area contributed by atoms with Crippen LogP contribution in [0, 0.1) is 5.92 Å². The molecule has 0 bridgehead atoms. The Bertz CT molecular complexity index is 747. The monoisotopic (exact) mass is 419 g/mol. The van der Waals surface area contributed by atoms with Crippen LogP contribution in [0.25, 0.3) is 0 Å². The summed E-state index contributed by atoms with van der Waals surface area (Å²) in [6, 6.07) is 1.18. The molecule has 0 saturated heterocycles. The minimum absolute atomic E-state index is 0.00989. The summed E-state index contributed by atoms with van der Waals surface area (Å²) < 4.78 is 47.3. The Kier molecular flexibility index (Phi) is 8.61. The number of benzene rings is 1. The van der Waals surface area contributed by atoms with Gasteiger partial charge < -0.3 is 19.9 Å². The zero-order valence-electron chi connectivity index (χ0n) is 15.6. The number of ether oxygens (including phenoxy) is 2. The lowest BCUT2D eigenvalue weighted by molar-refractivity contribution is -0.159. The van der Waals surface area contributed by atoms with Crippen LogP contribution in [0.1, 0.15) is 36.2 Å². The van der Waals surface area contributed by atoms with Crippen LogP contribution < -0.4 is 5.32 Å². The molecule has 160 valence electrons. The van der Waals surface area contributed by atoms with Crippen LogP contribution in [0.15, 0.2) is 24.3 Å². The molecule has 1 aromatic rings. The fourth-order valence-electron chi connectivity index (χ4n) is 2.36. The highest BCUT2D eigenvalue weighted by molar-refractivity contribution is 5.98. The molecule has 29 heavy (non-hydrogen) atoms. The van der Waals surface area contributed by atoms with Gasteiger partial charge in [0.05, 0.1) is 31.1 Å². The molecule has 0 aromatic heterocycles. The fourth-order valence-corrected chi connectivity index (χ4v) is 2.36. The molecule has 0 heterocycles. The van der Waals surface area contributed by atoms with Gasteiger partial charge in [0.2, 0.25) is 0 Å². The van der Waals surface area contributed by atoms with E-state index >= 15 is 0 Å². The molecule has 1 amide bonds. The summed E-state index contributed by atoms with van der Waals surface area (Å²) >= 11 is 0. The van der Waals surface area contributed by atoms with Gasteiger partial charge in [-0.2, -0.15) is 13.2 Å². The van der Waals surface area contributed by atoms with Crippen LogP contribution >= 0.6 is 0 Å². The highest BCUT2D eigenvalue weighted by atomic mass is 19.4. The molecule has 1 rings (SSSR count). The number of carbonyl (C=O) groups excluding carboxylic acids is 3. The average molecular weight is 419 g/mol. The van der Waals surface area contributed by atoms with E-state index in [1.165, 1.54) is 13.8 Å². The van der Waals surface area contributed by atoms with Crippen LogP contribution in [0.2, 0.25) is 0 Å². The predicted molar refractivity (Wildman–Crippen MR) is 91.7 cm³/mol. The van der Waals surface area contributed by atoms with Crippen molar-refractivity contribution >= 4 is 23.8 Å². The molecule has 0 aliphatic rings. The molecule has 0 saturated carbocycles. The molecule has 0 aliphatic heterocycles. The normalized spacial score (nSPS) is 13.1. The fraction of sp³-hybridized carbons (Fsp3) is 0.444. The lowest BCUT2D eigenvalue weighted by Gasteiger charge is -2.23. The van der Waals surface area contributed by atoms with Crippen LogP contribution in [-0.2, 0) is 30.0 Å². The maximum absolute atomic E-state index is 12.6. The molecule has 11 heteroatoms. The number of esters is 2. The van der Waals surface area contributed by atoms with E-state index in [-0.39, 0.29) is 18.8 Å². The minimum Gasteiger partial charge on any atom is -0.480 e. The molecular weight excluding hydrogens is 399 g/mol. The number of nitrogens with one attached hydrogen (secondary N) is 1. The molecular formula is C18H20F3NO7. The van der Waals surface area contributed by atoms with E-state index in [0.717, 1.165) is 12.1 Å². The van der Waals surface area contributed by atoms with Crippen molar-refractivity contribution in [2.24, 2.45) is 5.92 Å². The van der Waals surface area contributed by atoms with Crippen LogP contribution in [0.3, 0.4) is 0 Å². The third kappa shape index (κ3) is 7.09. The Morgan fingerprint density at radius 1 is 1.03 bits per heavy atom. The quantitative estimate of drug-likeness (QED) is 0.588. The first-order valence-corrected chi connectivity index (χ1v) is 8.54. The van der Waals surface area contributed by atoms with Crippen LogP contribution in [0.5, 0.6) is 0 Å². The van der Waals surface area contributed by atoms with E-state index in [9.17, 15) is 37.5 Å². The number of hydrogen-bond acceptors (Lipinski definition) is 6. The predicted octanol–water partition coefficient (Wildman–Crippen LogP) is 2.02. The molecule has 0 aliphatic carbocycles. The van der Waals surface area contributed by atoms with Gasteiger partial charge in [-0.15, -0.1) is 0 Å². The van der Waals surface area contributed by atoms with Gasteiger partial charge in [-0.05, 0) is 38.1 Å². The third-order valence-corrected chi connectivity index (χ3v) is 3.71. The highest BCUT2D eigenvalue weighted by Crippen LogP contribution is 2.29. The summed E-state index contributed by atoms with van der Waals surface area (Å²) in [4.78, 5) is 47.8. The Morgan fingerprint density at radius 3 is 2.03 bits per heavy atom. The topological polar surface area (TPSA) is 119 Å². The second-order valence-corrected chi connectivity index (χ2v) is 5.73. The van der Waals surface area contributed by atoms with Gasteiger partial charge in [0, 0.05) is 5.56 Å². The first kappa shape index (κ1) is 23.9. The number of carboxylic acid groups (broad SMARTS) is 1. The summed E-state index contributed by atoms with van der Waals surface area (Å²) in [5.41, 5.74) is -1.25. The Hall–Kier alpha value is -3.11. The SMILES string of the molecule is CCOC(=O)C[C@@H](C(=O)OCC)[C@@H](NC(=O)c1ccc(C(F)(F)F)cc1)C(=O)O. The Labute approximate surface area is 164 Å². The number of amides is 1. The first-order valence-electron chi connectivity index (χ1n) is 8.54.